The van der Waals surface area contributed by atoms with Gasteiger partial charge in [0.1, 0.15) is 11.8 Å². The largest absolute Gasteiger partial charge is 0.508 e. The van der Waals surface area contributed by atoms with Crippen LogP contribution in [0.2, 0.25) is 0 Å². The molecule has 0 aliphatic carbocycles. The molecule has 5 N–H and O–H groups in total. The SMILES string of the molecule is NC(=O)[C@@H]1Cc2ccccc2CN1C(=O)[C@@H](N)Cc1ccc(O)cc1. The Kier molecular flexibility index (Phi) is 4.72. The van der Waals surface area contributed by atoms with E-state index in [0.29, 0.717) is 19.4 Å². The summed E-state index contributed by atoms with van der Waals surface area (Å²) in [6.07, 6.45) is 0.728. The van der Waals surface area contributed by atoms with Crippen LogP contribution in [0.15, 0.2) is 48.5 Å². The molecule has 0 aromatic heterocycles. The molecule has 6 heteroatoms. The number of fused-ring (bicyclic) bond motifs is 1. The van der Waals surface area contributed by atoms with Gasteiger partial charge in [0.25, 0.3) is 0 Å². The second kappa shape index (κ2) is 6.94. The molecule has 2 aromatic rings. The Morgan fingerprint density at radius 1 is 1.12 bits per heavy atom. The number of phenolic OH excluding ortho intramolecular Hbond substituents is 1. The first-order valence-electron chi connectivity index (χ1n) is 8.16. The summed E-state index contributed by atoms with van der Waals surface area (Å²) in [5, 5.41) is 9.33. The van der Waals surface area contributed by atoms with Gasteiger partial charge in [0.15, 0.2) is 0 Å². The van der Waals surface area contributed by atoms with Crippen molar-refractivity contribution in [2.24, 2.45) is 11.5 Å². The molecule has 2 amide bonds. The van der Waals surface area contributed by atoms with Crippen LogP contribution in [0.4, 0.5) is 0 Å². The van der Waals surface area contributed by atoms with Gasteiger partial charge in [-0.05, 0) is 35.2 Å². The molecule has 1 aliphatic heterocycles. The third-order valence-corrected chi connectivity index (χ3v) is 4.57. The average Bonchev–Trinajstić information content (AvgIpc) is 2.61. The van der Waals surface area contributed by atoms with Crippen molar-refractivity contribution in [2.45, 2.75) is 31.5 Å². The predicted molar refractivity (Wildman–Crippen MR) is 93.5 cm³/mol. The van der Waals surface area contributed by atoms with Crippen molar-refractivity contribution < 1.29 is 14.7 Å². The minimum absolute atomic E-state index is 0.157. The van der Waals surface area contributed by atoms with Crippen LogP contribution in [0.1, 0.15) is 16.7 Å². The van der Waals surface area contributed by atoms with Gasteiger partial charge >= 0.3 is 0 Å². The number of phenols is 1. The van der Waals surface area contributed by atoms with E-state index in [1.54, 1.807) is 24.3 Å². The van der Waals surface area contributed by atoms with Crippen LogP contribution in [-0.4, -0.2) is 33.9 Å². The maximum atomic E-state index is 12.8. The van der Waals surface area contributed by atoms with Crippen LogP contribution < -0.4 is 11.5 Å². The normalized spacial score (nSPS) is 17.6. The number of rotatable bonds is 4. The standard InChI is InChI=1S/C19H21N3O3/c20-16(9-12-5-7-15(23)8-6-12)19(25)22-11-14-4-2-1-3-13(14)10-17(22)18(21)24/h1-8,16-17,23H,9-11,20H2,(H2,21,24)/t16-,17-/m0/s1. The first kappa shape index (κ1) is 17.0. The Hall–Kier alpha value is -2.86. The number of benzene rings is 2. The van der Waals surface area contributed by atoms with E-state index in [1.165, 1.54) is 4.90 Å². The minimum atomic E-state index is -0.781. The van der Waals surface area contributed by atoms with Gasteiger partial charge in [0, 0.05) is 13.0 Å². The number of amides is 2. The molecule has 6 nitrogen and oxygen atoms in total. The molecule has 0 saturated heterocycles. The first-order chi connectivity index (χ1) is 12.0. The van der Waals surface area contributed by atoms with Crippen molar-refractivity contribution >= 4 is 11.8 Å². The van der Waals surface area contributed by atoms with E-state index in [0.717, 1.165) is 16.7 Å². The highest BCUT2D eigenvalue weighted by molar-refractivity contribution is 5.89. The zero-order valence-electron chi connectivity index (χ0n) is 13.8. The highest BCUT2D eigenvalue weighted by atomic mass is 16.3. The third-order valence-electron chi connectivity index (χ3n) is 4.57. The molecule has 25 heavy (non-hydrogen) atoms. The zero-order valence-corrected chi connectivity index (χ0v) is 13.8. The number of primary amides is 1. The summed E-state index contributed by atoms with van der Waals surface area (Å²) in [5.74, 6) is -0.670. The lowest BCUT2D eigenvalue weighted by Crippen LogP contribution is -2.55. The molecule has 1 aliphatic rings. The van der Waals surface area contributed by atoms with Crippen LogP contribution in [0.25, 0.3) is 0 Å². The lowest BCUT2D eigenvalue weighted by atomic mass is 9.92. The Balaban J connectivity index is 1.79. The number of nitrogens with two attached hydrogens (primary N) is 2. The third kappa shape index (κ3) is 3.64. The van der Waals surface area contributed by atoms with Crippen molar-refractivity contribution in [2.75, 3.05) is 0 Å². The van der Waals surface area contributed by atoms with Crippen LogP contribution >= 0.6 is 0 Å². The van der Waals surface area contributed by atoms with Crippen molar-refractivity contribution in [3.63, 3.8) is 0 Å². The summed E-state index contributed by atoms with van der Waals surface area (Å²) >= 11 is 0. The van der Waals surface area contributed by atoms with E-state index in [4.69, 9.17) is 11.5 Å². The second-order valence-electron chi connectivity index (χ2n) is 6.33. The highest BCUT2D eigenvalue weighted by Crippen LogP contribution is 2.24. The van der Waals surface area contributed by atoms with Gasteiger partial charge in [-0.25, -0.2) is 0 Å². The van der Waals surface area contributed by atoms with Gasteiger partial charge in [-0.15, -0.1) is 0 Å². The number of carbonyl (C=O) groups is 2. The fourth-order valence-electron chi connectivity index (χ4n) is 3.20. The predicted octanol–water partition coefficient (Wildman–Crippen LogP) is 0.701. The second-order valence-corrected chi connectivity index (χ2v) is 6.33. The summed E-state index contributed by atoms with van der Waals surface area (Å²) in [5.41, 5.74) is 14.5. The van der Waals surface area contributed by atoms with E-state index in [1.807, 2.05) is 24.3 Å². The van der Waals surface area contributed by atoms with E-state index < -0.39 is 18.0 Å². The van der Waals surface area contributed by atoms with E-state index in [-0.39, 0.29) is 11.7 Å². The lowest BCUT2D eigenvalue weighted by molar-refractivity contribution is -0.141. The average molecular weight is 339 g/mol. The molecule has 0 spiro atoms. The van der Waals surface area contributed by atoms with Gasteiger partial charge in [0.05, 0.1) is 6.04 Å². The minimum Gasteiger partial charge on any atom is -0.508 e. The lowest BCUT2D eigenvalue weighted by Gasteiger charge is -2.36. The topological polar surface area (TPSA) is 110 Å². The number of hydrogen-bond acceptors (Lipinski definition) is 4. The first-order valence-corrected chi connectivity index (χ1v) is 8.16. The molecule has 2 atom stereocenters. The molecule has 0 bridgehead atoms. The summed E-state index contributed by atoms with van der Waals surface area (Å²) in [6.45, 7) is 0.325. The van der Waals surface area contributed by atoms with Gasteiger partial charge in [-0.3, -0.25) is 9.59 Å². The Morgan fingerprint density at radius 2 is 1.76 bits per heavy atom. The maximum absolute atomic E-state index is 12.8. The number of aromatic hydroxyl groups is 1. The van der Waals surface area contributed by atoms with Crippen molar-refractivity contribution in [3.05, 3.63) is 65.2 Å². The van der Waals surface area contributed by atoms with Gasteiger partial charge in [0.2, 0.25) is 11.8 Å². The molecular formula is C19H21N3O3. The zero-order chi connectivity index (χ0) is 18.0. The van der Waals surface area contributed by atoms with Crippen LogP contribution in [0.3, 0.4) is 0 Å². The quantitative estimate of drug-likeness (QED) is 0.761. The highest BCUT2D eigenvalue weighted by Gasteiger charge is 2.35. The summed E-state index contributed by atoms with van der Waals surface area (Å²) in [4.78, 5) is 26.2. The fraction of sp³-hybridized carbons (Fsp3) is 0.263. The van der Waals surface area contributed by atoms with Gasteiger partial charge in [-0.2, -0.15) is 0 Å². The van der Waals surface area contributed by atoms with Gasteiger partial charge < -0.3 is 21.5 Å². The van der Waals surface area contributed by atoms with Crippen molar-refractivity contribution in [1.82, 2.24) is 4.90 Å². The molecular weight excluding hydrogens is 318 g/mol. The van der Waals surface area contributed by atoms with Gasteiger partial charge in [-0.1, -0.05) is 36.4 Å². The van der Waals surface area contributed by atoms with Crippen LogP contribution in [0.5, 0.6) is 5.75 Å². The Bertz CT molecular complexity index is 789. The molecule has 1 heterocycles. The Labute approximate surface area is 146 Å². The molecule has 0 fully saturated rings. The van der Waals surface area contributed by atoms with Crippen molar-refractivity contribution in [1.29, 1.82) is 0 Å². The molecule has 0 unspecified atom stereocenters. The number of hydrogen-bond donors (Lipinski definition) is 3. The summed E-state index contributed by atoms with van der Waals surface area (Å²) in [7, 11) is 0. The van der Waals surface area contributed by atoms with Crippen molar-refractivity contribution in [3.8, 4) is 5.75 Å². The van der Waals surface area contributed by atoms with E-state index in [9.17, 15) is 14.7 Å². The molecule has 0 radical (unpaired) electrons. The van der Waals surface area contributed by atoms with E-state index >= 15 is 0 Å². The number of carbonyl (C=O) groups excluding carboxylic acids is 2. The van der Waals surface area contributed by atoms with Crippen LogP contribution in [0, 0.1) is 0 Å². The smallest absolute Gasteiger partial charge is 0.240 e. The summed E-state index contributed by atoms with van der Waals surface area (Å²) < 4.78 is 0. The summed E-state index contributed by atoms with van der Waals surface area (Å²) in [6, 6.07) is 12.8. The fourth-order valence-corrected chi connectivity index (χ4v) is 3.20. The van der Waals surface area contributed by atoms with Crippen LogP contribution in [-0.2, 0) is 29.0 Å². The maximum Gasteiger partial charge on any atom is 0.240 e. The van der Waals surface area contributed by atoms with E-state index in [2.05, 4.69) is 0 Å². The molecule has 2 aromatic carbocycles. The monoisotopic (exact) mass is 339 g/mol. The number of nitrogens with zero attached hydrogens (tertiary/aromatic N) is 1. The Morgan fingerprint density at radius 3 is 2.40 bits per heavy atom. The molecule has 130 valence electrons. The molecule has 3 rings (SSSR count). The molecule has 0 saturated carbocycles.